The molecule has 0 aliphatic carbocycles. The molecule has 0 unspecified atom stereocenters. The van der Waals surface area contributed by atoms with Crippen molar-refractivity contribution in [3.05, 3.63) is 0 Å². The molecule has 8 atom stereocenters. The van der Waals surface area contributed by atoms with Gasteiger partial charge in [0.2, 0.25) is 17.7 Å². The minimum Gasteiger partial charge on any atom is -0.469 e. The molecule has 0 aromatic heterocycles. The van der Waals surface area contributed by atoms with E-state index in [1.165, 1.54) is 7.11 Å². The van der Waals surface area contributed by atoms with Crippen molar-refractivity contribution >= 4 is 53.4 Å². The molecule has 0 saturated carbocycles. The molecular formula is C42H68N8O15. The molecular weight excluding hydrogens is 857 g/mol. The first-order valence-corrected chi connectivity index (χ1v) is 22.6. The van der Waals surface area contributed by atoms with Crippen LogP contribution in [0.15, 0.2) is 0 Å². The van der Waals surface area contributed by atoms with Crippen LogP contribution in [-0.2, 0) is 66.8 Å². The first-order valence-electron chi connectivity index (χ1n) is 22.6. The van der Waals surface area contributed by atoms with Crippen molar-refractivity contribution in [3.8, 4) is 0 Å². The maximum atomic E-state index is 13.2. The minimum atomic E-state index is -1.01. The number of hydrogen-bond donors (Lipinski definition) is 8. The molecule has 4 saturated heterocycles. The van der Waals surface area contributed by atoms with E-state index in [0.29, 0.717) is 77.8 Å². The van der Waals surface area contributed by atoms with E-state index in [-0.39, 0.29) is 51.9 Å². The van der Waals surface area contributed by atoms with E-state index in [4.69, 9.17) is 23.7 Å². The lowest BCUT2D eigenvalue weighted by Gasteiger charge is -2.32. The fraction of sp³-hybridized carbons (Fsp3) is 0.786. The van der Waals surface area contributed by atoms with Crippen molar-refractivity contribution in [2.24, 2.45) is 0 Å². The number of hydrogen-bond acceptors (Lipinski definition) is 15. The molecule has 4 aliphatic rings. The van der Waals surface area contributed by atoms with Crippen LogP contribution in [0.25, 0.3) is 0 Å². The van der Waals surface area contributed by atoms with Crippen LogP contribution in [0.3, 0.4) is 0 Å². The number of esters is 1. The van der Waals surface area contributed by atoms with E-state index < -0.39 is 108 Å². The molecule has 23 nitrogen and oxygen atoms in total. The fourth-order valence-corrected chi connectivity index (χ4v) is 7.74. The van der Waals surface area contributed by atoms with E-state index in [1.807, 2.05) is 0 Å². The van der Waals surface area contributed by atoms with Crippen molar-refractivity contribution in [1.29, 1.82) is 0 Å². The zero-order chi connectivity index (χ0) is 47.4. The maximum Gasteiger partial charge on any atom is 0.407 e. The highest BCUT2D eigenvalue weighted by Crippen LogP contribution is 2.19. The third-order valence-corrected chi connectivity index (χ3v) is 10.9. The molecule has 366 valence electrons. The van der Waals surface area contributed by atoms with Gasteiger partial charge < -0.3 is 71.0 Å². The molecule has 23 heteroatoms. The molecule has 4 heterocycles. The van der Waals surface area contributed by atoms with Gasteiger partial charge in [0, 0.05) is 71.9 Å². The Morgan fingerprint density at radius 3 is 1.05 bits per heavy atom. The van der Waals surface area contributed by atoms with E-state index in [0.717, 1.165) is 0 Å². The molecule has 0 spiro atoms. The van der Waals surface area contributed by atoms with Crippen LogP contribution in [0.2, 0.25) is 0 Å². The maximum absolute atomic E-state index is 13.2. The van der Waals surface area contributed by atoms with Gasteiger partial charge in [-0.05, 0) is 72.1 Å². The monoisotopic (exact) mass is 924 g/mol. The van der Waals surface area contributed by atoms with Crippen LogP contribution in [-0.4, -0.2) is 167 Å². The summed E-state index contributed by atoms with van der Waals surface area (Å²) in [6, 6.07) is -2.50. The van der Waals surface area contributed by atoms with Gasteiger partial charge in [0.15, 0.2) is 24.4 Å². The van der Waals surface area contributed by atoms with Gasteiger partial charge in [0.1, 0.15) is 5.60 Å². The largest absolute Gasteiger partial charge is 0.469 e. The Morgan fingerprint density at radius 1 is 0.462 bits per heavy atom. The summed E-state index contributed by atoms with van der Waals surface area (Å²) >= 11 is 0. The molecule has 8 N–H and O–H groups in total. The van der Waals surface area contributed by atoms with Crippen LogP contribution >= 0.6 is 0 Å². The normalized spacial score (nSPS) is 25.6. The smallest absolute Gasteiger partial charge is 0.407 e. The third-order valence-electron chi connectivity index (χ3n) is 10.9. The predicted octanol–water partition coefficient (Wildman–Crippen LogP) is -1.75. The van der Waals surface area contributed by atoms with Crippen LogP contribution in [0.4, 0.5) is 4.79 Å². The second-order valence-electron chi connectivity index (χ2n) is 17.2. The average molecular weight is 925 g/mol. The third kappa shape index (κ3) is 18.3. The second kappa shape index (κ2) is 26.7. The highest BCUT2D eigenvalue weighted by molar-refractivity contribution is 5.87. The summed E-state index contributed by atoms with van der Waals surface area (Å²) in [6.45, 7) is 6.44. The molecule has 0 aromatic carbocycles. The van der Waals surface area contributed by atoms with Gasteiger partial charge in [0.25, 0.3) is 23.6 Å². The van der Waals surface area contributed by atoms with E-state index in [1.54, 1.807) is 20.8 Å². The summed E-state index contributed by atoms with van der Waals surface area (Å²) in [5.74, 6) is -3.68. The Kier molecular flexibility index (Phi) is 21.6. The number of rotatable bonds is 20. The summed E-state index contributed by atoms with van der Waals surface area (Å²) in [4.78, 5) is 114. The van der Waals surface area contributed by atoms with Crippen LogP contribution < -0.4 is 42.5 Å². The average Bonchev–Trinajstić information content (AvgIpc) is 3.26. The van der Waals surface area contributed by atoms with Crippen LogP contribution in [0, 0.1) is 0 Å². The summed E-state index contributed by atoms with van der Waals surface area (Å²) in [6.07, 6.45) is -0.455. The Hall–Kier alpha value is -5.13. The van der Waals surface area contributed by atoms with Gasteiger partial charge in [-0.3, -0.25) is 38.4 Å². The first-order chi connectivity index (χ1) is 31.0. The van der Waals surface area contributed by atoms with Crippen LogP contribution in [0.5, 0.6) is 0 Å². The van der Waals surface area contributed by atoms with Crippen molar-refractivity contribution in [2.75, 3.05) is 59.7 Å². The predicted molar refractivity (Wildman–Crippen MR) is 227 cm³/mol. The standard InChI is InChI=1S/C42H68N8O15/c1-42(2,3)65-41(59)50-28-12-8-24-64-36(28)40(58)45-19-15-31(53)48-26-10-6-22-62-34(26)38(56)43-17-13-29(51)47-25-9-5-21-61-33(25)37(55)44-18-14-30(52)49-27-11-7-23-63-35(27)39(57)46-20-16-32(54)60-4/h25-28,33-36H,5-24H2,1-4H3,(H,43,56)(H,44,55)(H,45,58)(H,46,57)(H,47,51)(H,48,53)(H,49,52)(H,50,59)/t25-,26-,27-,28-,33-,34-,35-,36-/m0/s1. The number of carbonyl (C=O) groups is 9. The lowest BCUT2D eigenvalue weighted by molar-refractivity contribution is -0.142. The number of carbonyl (C=O) groups excluding carboxylic acids is 9. The van der Waals surface area contributed by atoms with Gasteiger partial charge >= 0.3 is 12.1 Å². The zero-order valence-electron chi connectivity index (χ0n) is 37.9. The van der Waals surface area contributed by atoms with Gasteiger partial charge in [-0.1, -0.05) is 0 Å². The topological polar surface area (TPSA) is 305 Å². The molecule has 0 bridgehead atoms. The number of nitrogens with one attached hydrogen (secondary N) is 8. The van der Waals surface area contributed by atoms with Gasteiger partial charge in [-0.15, -0.1) is 0 Å². The lowest BCUT2D eigenvalue weighted by Crippen LogP contribution is -2.56. The second-order valence-corrected chi connectivity index (χ2v) is 17.2. The Bertz CT molecular complexity index is 1660. The molecule has 4 fully saturated rings. The number of ether oxygens (including phenoxy) is 6. The molecule has 8 amide bonds. The van der Waals surface area contributed by atoms with Gasteiger partial charge in [-0.2, -0.15) is 0 Å². The van der Waals surface area contributed by atoms with Crippen molar-refractivity contribution < 1.29 is 71.6 Å². The summed E-state index contributed by atoms with van der Waals surface area (Å²) in [7, 11) is 1.25. The molecule has 0 aromatic rings. The lowest BCUT2D eigenvalue weighted by atomic mass is 10.0. The summed E-state index contributed by atoms with van der Waals surface area (Å²) in [5.41, 5.74) is -0.713. The number of methoxy groups -OCH3 is 1. The molecule has 65 heavy (non-hydrogen) atoms. The number of alkyl carbamates (subject to hydrolysis) is 1. The molecule has 4 aliphatic heterocycles. The van der Waals surface area contributed by atoms with Crippen molar-refractivity contribution in [2.45, 2.75) is 152 Å². The minimum absolute atomic E-state index is 0.00652. The van der Waals surface area contributed by atoms with E-state index in [2.05, 4.69) is 47.3 Å². The summed E-state index contributed by atoms with van der Waals surface area (Å²) < 4.78 is 32.5. The first kappa shape index (κ1) is 52.5. The van der Waals surface area contributed by atoms with E-state index >= 15 is 0 Å². The highest BCUT2D eigenvalue weighted by Gasteiger charge is 2.37. The van der Waals surface area contributed by atoms with Crippen molar-refractivity contribution in [3.63, 3.8) is 0 Å². The van der Waals surface area contributed by atoms with Crippen LogP contribution in [0.1, 0.15) is 97.8 Å². The SMILES string of the molecule is COC(=O)CCNC(=O)[C@H]1OCCC[C@@H]1NC(=O)CCNC(=O)[C@H]1OCCC[C@@H]1NC(=O)CCNC(=O)[C@H]1OCCC[C@@H]1NC(=O)CCNC(=O)[C@H]1OCCC[C@@H]1NC(=O)OC(C)(C)C. The zero-order valence-corrected chi connectivity index (χ0v) is 37.9. The highest BCUT2D eigenvalue weighted by atomic mass is 16.6. The quantitative estimate of drug-likeness (QED) is 0.0628. The van der Waals surface area contributed by atoms with Crippen molar-refractivity contribution in [1.82, 2.24) is 42.5 Å². The Balaban J connectivity index is 1.14. The Labute approximate surface area is 378 Å². The van der Waals surface area contributed by atoms with E-state index in [9.17, 15) is 43.2 Å². The van der Waals surface area contributed by atoms with Gasteiger partial charge in [-0.25, -0.2) is 4.79 Å². The fourth-order valence-electron chi connectivity index (χ4n) is 7.74. The molecule has 4 rings (SSSR count). The number of amides is 8. The summed E-state index contributed by atoms with van der Waals surface area (Å²) in [5, 5.41) is 21.8. The molecule has 0 radical (unpaired) electrons. The Morgan fingerprint density at radius 2 is 0.754 bits per heavy atom. The van der Waals surface area contributed by atoms with Gasteiger partial charge in [0.05, 0.1) is 37.7 Å².